The SMILES string of the molecule is O=C(NN=C1CCCCC1)c1cc(Cl)nc(Cl)c1. The number of pyridine rings is 1. The van der Waals surface area contributed by atoms with E-state index < -0.39 is 0 Å². The molecule has 1 aromatic heterocycles. The Morgan fingerprint density at radius 2 is 1.78 bits per heavy atom. The molecule has 1 aliphatic carbocycles. The van der Waals surface area contributed by atoms with Gasteiger partial charge in [0.1, 0.15) is 10.3 Å². The first-order valence-electron chi connectivity index (χ1n) is 5.84. The minimum atomic E-state index is -0.320. The van der Waals surface area contributed by atoms with Crippen molar-refractivity contribution in [2.75, 3.05) is 0 Å². The first-order chi connectivity index (χ1) is 8.65. The fourth-order valence-corrected chi connectivity index (χ4v) is 2.32. The average Bonchev–Trinajstić information content (AvgIpc) is 2.36. The minimum Gasteiger partial charge on any atom is -0.267 e. The molecule has 1 heterocycles. The minimum absolute atomic E-state index is 0.193. The van der Waals surface area contributed by atoms with Crippen molar-refractivity contribution >= 4 is 34.8 Å². The van der Waals surface area contributed by atoms with Crippen LogP contribution in [-0.4, -0.2) is 16.6 Å². The molecule has 0 bridgehead atoms. The molecule has 0 spiro atoms. The number of aromatic nitrogens is 1. The Morgan fingerprint density at radius 3 is 2.39 bits per heavy atom. The molecule has 0 atom stereocenters. The van der Waals surface area contributed by atoms with Crippen LogP contribution in [0.3, 0.4) is 0 Å². The molecule has 4 nitrogen and oxygen atoms in total. The lowest BCUT2D eigenvalue weighted by Gasteiger charge is -2.12. The van der Waals surface area contributed by atoms with E-state index in [0.29, 0.717) is 5.56 Å². The fraction of sp³-hybridized carbons (Fsp3) is 0.417. The van der Waals surface area contributed by atoms with Crippen LogP contribution in [0.5, 0.6) is 0 Å². The number of hydrogen-bond donors (Lipinski definition) is 1. The van der Waals surface area contributed by atoms with Gasteiger partial charge in [0.2, 0.25) is 0 Å². The van der Waals surface area contributed by atoms with Gasteiger partial charge in [-0.15, -0.1) is 0 Å². The van der Waals surface area contributed by atoms with Crippen LogP contribution in [0.2, 0.25) is 10.3 Å². The highest BCUT2D eigenvalue weighted by atomic mass is 35.5. The molecular weight excluding hydrogens is 273 g/mol. The third-order valence-electron chi connectivity index (χ3n) is 2.77. The van der Waals surface area contributed by atoms with Gasteiger partial charge in [-0.3, -0.25) is 4.79 Å². The molecule has 0 aliphatic heterocycles. The van der Waals surface area contributed by atoms with Crippen molar-refractivity contribution in [2.24, 2.45) is 5.10 Å². The van der Waals surface area contributed by atoms with Crippen molar-refractivity contribution in [1.29, 1.82) is 0 Å². The van der Waals surface area contributed by atoms with E-state index in [4.69, 9.17) is 23.2 Å². The number of hydrazone groups is 1. The van der Waals surface area contributed by atoms with Gasteiger partial charge in [0, 0.05) is 11.3 Å². The van der Waals surface area contributed by atoms with Gasteiger partial charge in [0.15, 0.2) is 0 Å². The summed E-state index contributed by atoms with van der Waals surface area (Å²) in [5.74, 6) is -0.320. The van der Waals surface area contributed by atoms with E-state index >= 15 is 0 Å². The summed E-state index contributed by atoms with van der Waals surface area (Å²) in [5.41, 5.74) is 3.93. The molecule has 0 unspecified atom stereocenters. The van der Waals surface area contributed by atoms with E-state index in [0.717, 1.165) is 31.4 Å². The molecule has 1 N–H and O–H groups in total. The molecule has 0 radical (unpaired) electrons. The number of rotatable bonds is 2. The van der Waals surface area contributed by atoms with Gasteiger partial charge in [-0.25, -0.2) is 10.4 Å². The van der Waals surface area contributed by atoms with E-state index in [2.05, 4.69) is 15.5 Å². The van der Waals surface area contributed by atoms with Crippen molar-refractivity contribution in [3.8, 4) is 0 Å². The molecule has 0 saturated heterocycles. The van der Waals surface area contributed by atoms with Gasteiger partial charge < -0.3 is 0 Å². The molecular formula is C12H13Cl2N3O. The number of carbonyl (C=O) groups is 1. The fourth-order valence-electron chi connectivity index (χ4n) is 1.86. The predicted molar refractivity (Wildman–Crippen MR) is 72.2 cm³/mol. The third kappa shape index (κ3) is 3.68. The summed E-state index contributed by atoms with van der Waals surface area (Å²) < 4.78 is 0. The zero-order valence-corrected chi connectivity index (χ0v) is 11.3. The summed E-state index contributed by atoms with van der Waals surface area (Å²) in [7, 11) is 0. The Bertz CT molecular complexity index is 460. The number of carbonyl (C=O) groups excluding carboxylic acids is 1. The standard InChI is InChI=1S/C12H13Cl2N3O/c13-10-6-8(7-11(14)15-10)12(18)17-16-9-4-2-1-3-5-9/h6-7H,1-5H2,(H,17,18). The summed E-state index contributed by atoms with van der Waals surface area (Å²) in [5, 5.41) is 4.51. The first-order valence-corrected chi connectivity index (χ1v) is 6.59. The van der Waals surface area contributed by atoms with Crippen LogP contribution in [0.25, 0.3) is 0 Å². The summed E-state index contributed by atoms with van der Waals surface area (Å²) in [4.78, 5) is 15.6. The molecule has 2 rings (SSSR count). The topological polar surface area (TPSA) is 54.4 Å². The highest BCUT2D eigenvalue weighted by molar-refractivity contribution is 6.33. The van der Waals surface area contributed by atoms with E-state index in [1.165, 1.54) is 18.6 Å². The Labute approximate surface area is 115 Å². The van der Waals surface area contributed by atoms with Gasteiger partial charge in [0.25, 0.3) is 5.91 Å². The van der Waals surface area contributed by atoms with Gasteiger partial charge in [0.05, 0.1) is 0 Å². The molecule has 96 valence electrons. The van der Waals surface area contributed by atoms with Crippen LogP contribution in [0.1, 0.15) is 42.5 Å². The number of halogens is 2. The van der Waals surface area contributed by atoms with E-state index in [1.807, 2.05) is 0 Å². The zero-order chi connectivity index (χ0) is 13.0. The number of nitrogens with one attached hydrogen (secondary N) is 1. The monoisotopic (exact) mass is 285 g/mol. The van der Waals surface area contributed by atoms with Gasteiger partial charge in [-0.05, 0) is 37.8 Å². The molecule has 1 aromatic rings. The van der Waals surface area contributed by atoms with Crippen LogP contribution in [-0.2, 0) is 0 Å². The summed E-state index contributed by atoms with van der Waals surface area (Å²) in [6.07, 6.45) is 5.43. The van der Waals surface area contributed by atoms with E-state index in [-0.39, 0.29) is 16.2 Å². The van der Waals surface area contributed by atoms with Crippen LogP contribution in [0.4, 0.5) is 0 Å². The summed E-state index contributed by atoms with van der Waals surface area (Å²) in [6, 6.07) is 2.92. The summed E-state index contributed by atoms with van der Waals surface area (Å²) >= 11 is 11.5. The van der Waals surface area contributed by atoms with Crippen LogP contribution in [0.15, 0.2) is 17.2 Å². The Kier molecular flexibility index (Phi) is 4.55. The molecule has 18 heavy (non-hydrogen) atoms. The summed E-state index contributed by atoms with van der Waals surface area (Å²) in [6.45, 7) is 0. The van der Waals surface area contributed by atoms with Crippen LogP contribution in [0, 0.1) is 0 Å². The third-order valence-corrected chi connectivity index (χ3v) is 3.16. The number of amides is 1. The van der Waals surface area contributed by atoms with Crippen LogP contribution >= 0.6 is 23.2 Å². The predicted octanol–water partition coefficient (Wildman–Crippen LogP) is 3.44. The lowest BCUT2D eigenvalue weighted by molar-refractivity contribution is 0.0954. The zero-order valence-electron chi connectivity index (χ0n) is 9.75. The van der Waals surface area contributed by atoms with Crippen LogP contribution < -0.4 is 5.43 Å². The van der Waals surface area contributed by atoms with Gasteiger partial charge in [-0.1, -0.05) is 29.6 Å². The second-order valence-electron chi connectivity index (χ2n) is 4.18. The van der Waals surface area contributed by atoms with Crippen molar-refractivity contribution in [1.82, 2.24) is 10.4 Å². The highest BCUT2D eigenvalue weighted by Crippen LogP contribution is 2.16. The van der Waals surface area contributed by atoms with E-state index in [1.54, 1.807) is 0 Å². The quantitative estimate of drug-likeness (QED) is 0.668. The molecule has 1 fully saturated rings. The molecule has 1 saturated carbocycles. The number of nitrogens with zero attached hydrogens (tertiary/aromatic N) is 2. The van der Waals surface area contributed by atoms with E-state index in [9.17, 15) is 4.79 Å². The van der Waals surface area contributed by atoms with Crippen molar-refractivity contribution in [2.45, 2.75) is 32.1 Å². The lowest BCUT2D eigenvalue weighted by Crippen LogP contribution is -2.20. The Morgan fingerprint density at radius 1 is 1.17 bits per heavy atom. The Balaban J connectivity index is 2.02. The van der Waals surface area contributed by atoms with Crippen molar-refractivity contribution in [3.05, 3.63) is 28.0 Å². The Hall–Kier alpha value is -1.13. The first kappa shape index (κ1) is 13.3. The molecule has 0 aromatic carbocycles. The molecule has 6 heteroatoms. The lowest BCUT2D eigenvalue weighted by atomic mass is 9.99. The number of hydrogen-bond acceptors (Lipinski definition) is 3. The maximum Gasteiger partial charge on any atom is 0.271 e. The average molecular weight is 286 g/mol. The van der Waals surface area contributed by atoms with Gasteiger partial charge >= 0.3 is 0 Å². The maximum atomic E-state index is 11.8. The maximum absolute atomic E-state index is 11.8. The second-order valence-corrected chi connectivity index (χ2v) is 4.96. The smallest absolute Gasteiger partial charge is 0.267 e. The second kappa shape index (κ2) is 6.16. The van der Waals surface area contributed by atoms with Crippen molar-refractivity contribution in [3.63, 3.8) is 0 Å². The normalized spacial score (nSPS) is 15.3. The highest BCUT2D eigenvalue weighted by Gasteiger charge is 2.10. The van der Waals surface area contributed by atoms with Gasteiger partial charge in [-0.2, -0.15) is 5.10 Å². The van der Waals surface area contributed by atoms with Crippen molar-refractivity contribution < 1.29 is 4.79 Å². The molecule has 1 amide bonds. The largest absolute Gasteiger partial charge is 0.271 e. The molecule has 1 aliphatic rings.